The van der Waals surface area contributed by atoms with Crippen LogP contribution in [0.3, 0.4) is 0 Å². The number of nitrogens with zero attached hydrogens (tertiary/aromatic N) is 1. The third-order valence-corrected chi connectivity index (χ3v) is 3.82. The summed E-state index contributed by atoms with van der Waals surface area (Å²) in [6.07, 6.45) is 3.55. The molecular weight excluding hydrogens is 244 g/mol. The fraction of sp³-hybridized carbons (Fsp3) is 0.500. The predicted octanol–water partition coefficient (Wildman–Crippen LogP) is 2.25. The maximum Gasteiger partial charge on any atom is 0.496 e. The molecule has 19 heavy (non-hydrogen) atoms. The van der Waals surface area contributed by atoms with Crippen molar-refractivity contribution in [3.8, 4) is 0 Å². The number of rotatable bonds is 3. The lowest BCUT2D eigenvalue weighted by Crippen LogP contribution is -2.41. The zero-order valence-corrected chi connectivity index (χ0v) is 11.9. The average molecular weight is 263 g/mol. The number of allylic oxidation sites excluding steroid dienone is 1. The van der Waals surface area contributed by atoms with Gasteiger partial charge in [0.05, 0.1) is 11.2 Å². The van der Waals surface area contributed by atoms with Gasteiger partial charge in [0.25, 0.3) is 0 Å². The van der Waals surface area contributed by atoms with Gasteiger partial charge in [-0.25, -0.2) is 4.98 Å². The minimum absolute atomic E-state index is 0.412. The van der Waals surface area contributed by atoms with E-state index in [0.29, 0.717) is 12.0 Å². The molecule has 0 saturated carbocycles. The third-order valence-electron chi connectivity index (χ3n) is 3.82. The number of hydrogen-bond acceptors (Lipinski definition) is 3. The van der Waals surface area contributed by atoms with Crippen LogP contribution in [-0.4, -0.2) is 23.3 Å². The second-order valence-corrected chi connectivity index (χ2v) is 5.80. The van der Waals surface area contributed by atoms with E-state index in [2.05, 4.69) is 11.6 Å². The normalized spacial score (nSPS) is 20.6. The molecule has 1 aliphatic heterocycles. The summed E-state index contributed by atoms with van der Waals surface area (Å²) >= 11 is 0. The lowest BCUT2D eigenvalue weighted by atomic mass is 9.79. The molecule has 2 rings (SSSR count). The summed E-state index contributed by atoms with van der Waals surface area (Å²) in [5, 5.41) is 0. The molecule has 0 spiro atoms. The van der Waals surface area contributed by atoms with Gasteiger partial charge in [0.15, 0.2) is 0 Å². The first-order valence-corrected chi connectivity index (χ1v) is 6.38. The Bertz CT molecular complexity index is 486. The van der Waals surface area contributed by atoms with E-state index in [1.54, 1.807) is 12.1 Å². The van der Waals surface area contributed by atoms with Crippen LogP contribution >= 0.6 is 0 Å². The van der Waals surface area contributed by atoms with Crippen molar-refractivity contribution >= 4 is 12.6 Å². The highest BCUT2D eigenvalue weighted by Gasteiger charge is 2.51. The Morgan fingerprint density at radius 2 is 1.89 bits per heavy atom. The van der Waals surface area contributed by atoms with E-state index in [9.17, 15) is 4.39 Å². The second-order valence-electron chi connectivity index (χ2n) is 5.80. The van der Waals surface area contributed by atoms with Gasteiger partial charge in [0, 0.05) is 17.2 Å². The molecule has 1 saturated heterocycles. The van der Waals surface area contributed by atoms with Crippen molar-refractivity contribution in [1.29, 1.82) is 0 Å². The van der Waals surface area contributed by atoms with Crippen LogP contribution in [0.2, 0.25) is 0 Å². The minimum atomic E-state index is -0.512. The van der Waals surface area contributed by atoms with Gasteiger partial charge in [0.1, 0.15) is 0 Å². The first-order chi connectivity index (χ1) is 8.77. The molecule has 0 amide bonds. The van der Waals surface area contributed by atoms with Crippen LogP contribution in [0.15, 0.2) is 24.9 Å². The van der Waals surface area contributed by atoms with E-state index in [-0.39, 0.29) is 0 Å². The highest BCUT2D eigenvalue weighted by molar-refractivity contribution is 6.62. The van der Waals surface area contributed by atoms with Crippen LogP contribution < -0.4 is 5.46 Å². The monoisotopic (exact) mass is 263 g/mol. The van der Waals surface area contributed by atoms with Gasteiger partial charge in [-0.3, -0.25) is 0 Å². The van der Waals surface area contributed by atoms with Crippen LogP contribution in [0, 0.1) is 5.95 Å². The molecule has 1 fully saturated rings. The van der Waals surface area contributed by atoms with Crippen LogP contribution in [0.4, 0.5) is 4.39 Å². The maximum absolute atomic E-state index is 13.5. The summed E-state index contributed by atoms with van der Waals surface area (Å²) in [5.41, 5.74) is 0.411. The SMILES string of the molecule is C=CCc1cc(B2OC(C)(C)C(C)(C)O2)cnc1F. The number of pyridine rings is 1. The largest absolute Gasteiger partial charge is 0.496 e. The van der Waals surface area contributed by atoms with Gasteiger partial charge in [-0.1, -0.05) is 12.1 Å². The molecule has 5 heteroatoms. The number of aromatic nitrogens is 1. The van der Waals surface area contributed by atoms with Gasteiger partial charge in [0.2, 0.25) is 5.95 Å². The van der Waals surface area contributed by atoms with Gasteiger partial charge < -0.3 is 9.31 Å². The Hall–Kier alpha value is -1.20. The van der Waals surface area contributed by atoms with Crippen molar-refractivity contribution in [2.45, 2.75) is 45.3 Å². The van der Waals surface area contributed by atoms with E-state index in [4.69, 9.17) is 9.31 Å². The van der Waals surface area contributed by atoms with Crippen LogP contribution in [0.1, 0.15) is 33.3 Å². The maximum atomic E-state index is 13.5. The molecular formula is C14H19BFNO2. The molecule has 0 N–H and O–H groups in total. The molecule has 0 aliphatic carbocycles. The smallest absolute Gasteiger partial charge is 0.399 e. The molecule has 0 aromatic carbocycles. The summed E-state index contributed by atoms with van der Waals surface area (Å²) in [6.45, 7) is 11.5. The van der Waals surface area contributed by atoms with E-state index in [1.807, 2.05) is 27.7 Å². The van der Waals surface area contributed by atoms with Crippen LogP contribution in [-0.2, 0) is 15.7 Å². The van der Waals surface area contributed by atoms with Crippen molar-refractivity contribution in [1.82, 2.24) is 4.98 Å². The lowest BCUT2D eigenvalue weighted by molar-refractivity contribution is 0.00578. The molecule has 102 valence electrons. The highest BCUT2D eigenvalue weighted by Crippen LogP contribution is 2.36. The molecule has 3 nitrogen and oxygen atoms in total. The van der Waals surface area contributed by atoms with E-state index in [1.165, 1.54) is 6.20 Å². The third kappa shape index (κ3) is 2.58. The first-order valence-electron chi connectivity index (χ1n) is 6.38. The van der Waals surface area contributed by atoms with Crippen molar-refractivity contribution in [2.75, 3.05) is 0 Å². The van der Waals surface area contributed by atoms with Crippen molar-refractivity contribution in [3.63, 3.8) is 0 Å². The Morgan fingerprint density at radius 3 is 2.42 bits per heavy atom. The topological polar surface area (TPSA) is 31.4 Å². The van der Waals surface area contributed by atoms with Crippen molar-refractivity contribution in [2.24, 2.45) is 0 Å². The van der Waals surface area contributed by atoms with Crippen LogP contribution in [0.25, 0.3) is 0 Å². The van der Waals surface area contributed by atoms with Crippen molar-refractivity contribution < 1.29 is 13.7 Å². The quantitative estimate of drug-likeness (QED) is 0.476. The lowest BCUT2D eigenvalue weighted by Gasteiger charge is -2.32. The molecule has 0 bridgehead atoms. The summed E-state index contributed by atoms with van der Waals surface area (Å²) in [4.78, 5) is 3.76. The Kier molecular flexibility index (Phi) is 3.54. The summed E-state index contributed by atoms with van der Waals surface area (Å²) < 4.78 is 25.3. The molecule has 1 aliphatic rings. The minimum Gasteiger partial charge on any atom is -0.399 e. The fourth-order valence-corrected chi connectivity index (χ4v) is 1.92. The van der Waals surface area contributed by atoms with E-state index < -0.39 is 24.3 Å². The Labute approximate surface area is 114 Å². The zero-order chi connectivity index (χ0) is 14.3. The average Bonchev–Trinajstić information content (AvgIpc) is 2.51. The molecule has 0 radical (unpaired) electrons. The Balaban J connectivity index is 2.29. The molecule has 1 aromatic heterocycles. The van der Waals surface area contributed by atoms with Gasteiger partial charge in [-0.05, 0) is 34.1 Å². The zero-order valence-electron chi connectivity index (χ0n) is 11.9. The Morgan fingerprint density at radius 1 is 1.32 bits per heavy atom. The molecule has 0 unspecified atom stereocenters. The molecule has 0 atom stereocenters. The highest BCUT2D eigenvalue weighted by atomic mass is 19.1. The molecule has 1 aromatic rings. The van der Waals surface area contributed by atoms with E-state index >= 15 is 0 Å². The van der Waals surface area contributed by atoms with Crippen LogP contribution in [0.5, 0.6) is 0 Å². The summed E-state index contributed by atoms with van der Waals surface area (Å²) in [7, 11) is -0.512. The fourth-order valence-electron chi connectivity index (χ4n) is 1.92. The predicted molar refractivity (Wildman–Crippen MR) is 73.8 cm³/mol. The number of hydrogen-bond donors (Lipinski definition) is 0. The number of halogens is 1. The second kappa shape index (κ2) is 4.73. The standard InChI is InChI=1S/C14H19BFNO2/c1-6-7-10-8-11(9-17-12(10)16)15-18-13(2,3)14(4,5)19-15/h6,8-9H,1,7H2,2-5H3. The summed E-state index contributed by atoms with van der Waals surface area (Å²) in [6, 6.07) is 1.73. The van der Waals surface area contributed by atoms with Crippen molar-refractivity contribution in [3.05, 3.63) is 36.4 Å². The van der Waals surface area contributed by atoms with Gasteiger partial charge in [-0.15, -0.1) is 6.58 Å². The van der Waals surface area contributed by atoms with Gasteiger partial charge >= 0.3 is 7.12 Å². The summed E-state index contributed by atoms with van der Waals surface area (Å²) in [5.74, 6) is -0.472. The molecule has 2 heterocycles. The first kappa shape index (κ1) is 14.2. The van der Waals surface area contributed by atoms with E-state index in [0.717, 1.165) is 5.46 Å². The van der Waals surface area contributed by atoms with Gasteiger partial charge in [-0.2, -0.15) is 4.39 Å².